The maximum absolute atomic E-state index is 12.7. The normalized spacial score (nSPS) is 14.1. The van der Waals surface area contributed by atoms with E-state index in [1.165, 1.54) is 17.9 Å². The highest BCUT2D eigenvalue weighted by Gasteiger charge is 2.25. The number of anilines is 3. The standard InChI is InChI=1S/C25H30N10O4/c1-15(2)19-13-27-34-22(19)30-24(29-17-7-9-39-10-8-17)31-25(34)26-12-16-5-4-6-18(11-16)28-23(36)21-20(35(37)38)14-33(3)32-21/h4-6,11,13-15,17H,7-10,12H2,1-3H3,(H,28,36)(H2,26,29,30,31). The molecule has 3 aromatic heterocycles. The van der Waals surface area contributed by atoms with Crippen molar-refractivity contribution in [3.05, 3.63) is 63.6 Å². The van der Waals surface area contributed by atoms with Crippen LogP contribution in [0.3, 0.4) is 0 Å². The van der Waals surface area contributed by atoms with E-state index in [9.17, 15) is 14.9 Å². The summed E-state index contributed by atoms with van der Waals surface area (Å²) in [5, 5.41) is 29.2. The SMILES string of the molecule is CC(C)c1cnn2c(NCc3cccc(NC(=O)c4nn(C)cc4[N+](=O)[O-])c3)nc(NC3CCOCC3)nc12. The molecule has 14 heteroatoms. The average molecular weight is 535 g/mol. The van der Waals surface area contributed by atoms with Gasteiger partial charge >= 0.3 is 5.69 Å². The highest BCUT2D eigenvalue weighted by molar-refractivity contribution is 6.05. The topological polar surface area (TPSA) is 166 Å². The van der Waals surface area contributed by atoms with E-state index >= 15 is 0 Å². The summed E-state index contributed by atoms with van der Waals surface area (Å²) < 4.78 is 8.39. The zero-order valence-corrected chi connectivity index (χ0v) is 21.9. The Morgan fingerprint density at radius 3 is 2.79 bits per heavy atom. The fourth-order valence-corrected chi connectivity index (χ4v) is 4.41. The van der Waals surface area contributed by atoms with Crippen LogP contribution in [0, 0.1) is 10.1 Å². The summed E-state index contributed by atoms with van der Waals surface area (Å²) in [6.45, 7) is 5.98. The van der Waals surface area contributed by atoms with Gasteiger partial charge in [-0.2, -0.15) is 24.7 Å². The zero-order valence-electron chi connectivity index (χ0n) is 21.9. The first kappa shape index (κ1) is 26.0. The fraction of sp³-hybridized carbons (Fsp3) is 0.400. The number of amides is 1. The summed E-state index contributed by atoms with van der Waals surface area (Å²) in [5.41, 5.74) is 2.48. The van der Waals surface area contributed by atoms with Crippen LogP contribution < -0.4 is 16.0 Å². The second kappa shape index (κ2) is 11.0. The van der Waals surface area contributed by atoms with Crippen molar-refractivity contribution in [2.45, 2.75) is 45.2 Å². The lowest BCUT2D eigenvalue weighted by molar-refractivity contribution is -0.385. The molecule has 4 heterocycles. The lowest BCUT2D eigenvalue weighted by Crippen LogP contribution is -2.29. The molecule has 14 nitrogen and oxygen atoms in total. The molecule has 0 radical (unpaired) electrons. The van der Waals surface area contributed by atoms with E-state index in [-0.39, 0.29) is 23.3 Å². The van der Waals surface area contributed by atoms with Gasteiger partial charge in [0.05, 0.1) is 11.1 Å². The highest BCUT2D eigenvalue weighted by Crippen LogP contribution is 2.24. The quantitative estimate of drug-likeness (QED) is 0.214. The van der Waals surface area contributed by atoms with Gasteiger partial charge in [0.1, 0.15) is 6.20 Å². The van der Waals surface area contributed by atoms with Crippen LogP contribution in [0.15, 0.2) is 36.7 Å². The molecular formula is C25H30N10O4. The van der Waals surface area contributed by atoms with Gasteiger partial charge in [0.25, 0.3) is 5.91 Å². The monoisotopic (exact) mass is 534 g/mol. The molecule has 1 saturated heterocycles. The molecule has 0 saturated carbocycles. The molecule has 4 aromatic rings. The number of hydrogen-bond donors (Lipinski definition) is 3. The van der Waals surface area contributed by atoms with Crippen molar-refractivity contribution in [1.29, 1.82) is 0 Å². The summed E-state index contributed by atoms with van der Waals surface area (Å²) in [6.07, 6.45) is 4.77. The van der Waals surface area contributed by atoms with Crippen molar-refractivity contribution in [2.24, 2.45) is 7.05 Å². The van der Waals surface area contributed by atoms with Crippen LogP contribution in [-0.2, 0) is 18.3 Å². The Morgan fingerprint density at radius 1 is 1.26 bits per heavy atom. The van der Waals surface area contributed by atoms with Gasteiger partial charge in [-0.25, -0.2) is 0 Å². The van der Waals surface area contributed by atoms with Crippen LogP contribution in [0.1, 0.15) is 54.2 Å². The number of nitrogens with zero attached hydrogens (tertiary/aromatic N) is 7. The zero-order chi connectivity index (χ0) is 27.5. The molecule has 0 atom stereocenters. The summed E-state index contributed by atoms with van der Waals surface area (Å²) in [7, 11) is 1.52. The Labute approximate surface area is 223 Å². The molecule has 0 unspecified atom stereocenters. The molecule has 1 aliphatic rings. The largest absolute Gasteiger partial charge is 0.381 e. The minimum Gasteiger partial charge on any atom is -0.381 e. The first-order chi connectivity index (χ1) is 18.8. The summed E-state index contributed by atoms with van der Waals surface area (Å²) in [4.78, 5) is 32.8. The van der Waals surface area contributed by atoms with Crippen molar-refractivity contribution in [2.75, 3.05) is 29.2 Å². The van der Waals surface area contributed by atoms with Gasteiger partial charge in [-0.05, 0) is 36.5 Å². The molecule has 204 valence electrons. The first-order valence-electron chi connectivity index (χ1n) is 12.7. The number of benzene rings is 1. The lowest BCUT2D eigenvalue weighted by atomic mass is 10.1. The molecule has 1 amide bonds. The Bertz CT molecular complexity index is 1510. The van der Waals surface area contributed by atoms with Gasteiger partial charge in [-0.3, -0.25) is 19.6 Å². The van der Waals surface area contributed by atoms with E-state index in [0.717, 1.165) is 29.6 Å². The highest BCUT2D eigenvalue weighted by atomic mass is 16.6. The Hall–Kier alpha value is -4.59. The number of rotatable bonds is 9. The lowest BCUT2D eigenvalue weighted by Gasteiger charge is -2.23. The minimum atomic E-state index is -0.661. The van der Waals surface area contributed by atoms with E-state index < -0.39 is 10.8 Å². The molecule has 0 aliphatic carbocycles. The van der Waals surface area contributed by atoms with Gasteiger partial charge in [-0.15, -0.1) is 0 Å². The Morgan fingerprint density at radius 2 is 2.05 bits per heavy atom. The number of ether oxygens (including phenoxy) is 1. The van der Waals surface area contributed by atoms with Crippen LogP contribution in [0.4, 0.5) is 23.3 Å². The third-order valence-electron chi connectivity index (χ3n) is 6.43. The average Bonchev–Trinajstić information content (AvgIpc) is 3.52. The molecule has 5 rings (SSSR count). The molecule has 1 fully saturated rings. The smallest absolute Gasteiger partial charge is 0.320 e. The van der Waals surface area contributed by atoms with Crippen LogP contribution >= 0.6 is 0 Å². The molecule has 0 bridgehead atoms. The van der Waals surface area contributed by atoms with Gasteiger partial charge in [0.2, 0.25) is 17.6 Å². The Kier molecular flexibility index (Phi) is 7.36. The molecule has 0 spiro atoms. The van der Waals surface area contributed by atoms with E-state index in [0.29, 0.717) is 37.3 Å². The van der Waals surface area contributed by atoms with Gasteiger partial charge in [-0.1, -0.05) is 26.0 Å². The second-order valence-corrected chi connectivity index (χ2v) is 9.69. The molecule has 1 aromatic carbocycles. The second-order valence-electron chi connectivity index (χ2n) is 9.69. The van der Waals surface area contributed by atoms with Crippen LogP contribution in [0.2, 0.25) is 0 Å². The summed E-state index contributed by atoms with van der Waals surface area (Å²) in [5.74, 6) is 0.625. The summed E-state index contributed by atoms with van der Waals surface area (Å²) in [6, 6.07) is 7.40. The van der Waals surface area contributed by atoms with Crippen molar-refractivity contribution in [3.63, 3.8) is 0 Å². The number of aryl methyl sites for hydroxylation is 1. The maximum atomic E-state index is 12.7. The number of aromatic nitrogens is 6. The van der Waals surface area contributed by atoms with Crippen molar-refractivity contribution < 1.29 is 14.5 Å². The predicted molar refractivity (Wildman–Crippen MR) is 144 cm³/mol. The van der Waals surface area contributed by atoms with Gasteiger partial charge in [0.15, 0.2) is 5.65 Å². The van der Waals surface area contributed by atoms with Crippen LogP contribution in [0.5, 0.6) is 0 Å². The predicted octanol–water partition coefficient (Wildman–Crippen LogP) is 3.34. The van der Waals surface area contributed by atoms with E-state index in [4.69, 9.17) is 14.7 Å². The number of hydrogen-bond acceptors (Lipinski definition) is 10. The third-order valence-corrected chi connectivity index (χ3v) is 6.43. The van der Waals surface area contributed by atoms with Crippen LogP contribution in [0.25, 0.3) is 5.65 Å². The minimum absolute atomic E-state index is 0.231. The molecular weight excluding hydrogens is 504 g/mol. The van der Waals surface area contributed by atoms with Crippen LogP contribution in [-0.4, -0.2) is 59.4 Å². The number of nitro groups is 1. The summed E-state index contributed by atoms with van der Waals surface area (Å²) >= 11 is 0. The van der Waals surface area contributed by atoms with E-state index in [1.54, 1.807) is 22.7 Å². The van der Waals surface area contributed by atoms with E-state index in [1.807, 2.05) is 12.3 Å². The molecule has 3 N–H and O–H groups in total. The van der Waals surface area contributed by atoms with Gasteiger partial charge < -0.3 is 20.7 Å². The molecule has 1 aliphatic heterocycles. The first-order valence-corrected chi connectivity index (χ1v) is 12.7. The number of carbonyl (C=O) groups is 1. The van der Waals surface area contributed by atoms with Crippen molar-refractivity contribution in [1.82, 2.24) is 29.4 Å². The van der Waals surface area contributed by atoms with E-state index in [2.05, 4.69) is 40.0 Å². The van der Waals surface area contributed by atoms with Crippen molar-refractivity contribution in [3.8, 4) is 0 Å². The Balaban J connectivity index is 1.35. The fourth-order valence-electron chi connectivity index (χ4n) is 4.41. The maximum Gasteiger partial charge on any atom is 0.320 e. The number of fused-ring (bicyclic) bond motifs is 1. The number of nitrogens with one attached hydrogen (secondary N) is 3. The third kappa shape index (κ3) is 5.80. The van der Waals surface area contributed by atoms with Gasteiger partial charge in [0, 0.05) is 44.1 Å². The van der Waals surface area contributed by atoms with Crippen molar-refractivity contribution >= 4 is 34.8 Å². The number of carbonyl (C=O) groups excluding carboxylic acids is 1. The molecule has 39 heavy (non-hydrogen) atoms.